The van der Waals surface area contributed by atoms with Crippen LogP contribution in [0.3, 0.4) is 0 Å². The van der Waals surface area contributed by atoms with Gasteiger partial charge in [-0.25, -0.2) is 0 Å². The van der Waals surface area contributed by atoms with E-state index in [0.29, 0.717) is 18.6 Å². The number of carbonyl (C=O) groups is 1. The first kappa shape index (κ1) is 19.2. The molecule has 4 heteroatoms. The van der Waals surface area contributed by atoms with Crippen LogP contribution in [-0.4, -0.2) is 20.8 Å². The SMILES string of the molecule is CC.CC.CCC(=O)CCCc1cn(CC)nn1. The summed E-state index contributed by atoms with van der Waals surface area (Å²) in [6.07, 6.45) is 4.98. The molecule has 1 rings (SSSR count). The Morgan fingerprint density at radius 2 is 1.83 bits per heavy atom. The van der Waals surface area contributed by atoms with Crippen LogP contribution in [0.5, 0.6) is 0 Å². The van der Waals surface area contributed by atoms with E-state index < -0.39 is 0 Å². The molecule has 0 N–H and O–H groups in total. The van der Waals surface area contributed by atoms with E-state index in [9.17, 15) is 4.79 Å². The highest BCUT2D eigenvalue weighted by Gasteiger charge is 2.02. The number of aromatic nitrogens is 3. The smallest absolute Gasteiger partial charge is 0.132 e. The van der Waals surface area contributed by atoms with Crippen molar-refractivity contribution in [3.8, 4) is 0 Å². The van der Waals surface area contributed by atoms with Gasteiger partial charge < -0.3 is 0 Å². The Hall–Kier alpha value is -1.19. The Balaban J connectivity index is 0. The summed E-state index contributed by atoms with van der Waals surface area (Å²) in [6.45, 7) is 12.8. The Morgan fingerprint density at radius 1 is 1.22 bits per heavy atom. The zero-order valence-corrected chi connectivity index (χ0v) is 12.9. The van der Waals surface area contributed by atoms with Crippen LogP contribution < -0.4 is 0 Å². The molecule has 0 fully saturated rings. The van der Waals surface area contributed by atoms with Crippen molar-refractivity contribution in [2.45, 2.75) is 73.8 Å². The Bertz CT molecular complexity index is 295. The summed E-state index contributed by atoms with van der Waals surface area (Å²) in [5.41, 5.74) is 0.982. The minimum atomic E-state index is 0.327. The monoisotopic (exact) mass is 255 g/mol. The van der Waals surface area contributed by atoms with Gasteiger partial charge in [0.25, 0.3) is 0 Å². The fraction of sp³-hybridized carbons (Fsp3) is 0.786. The molecule has 0 aliphatic carbocycles. The molecular formula is C14H29N3O. The fourth-order valence-corrected chi connectivity index (χ4v) is 1.25. The second-order valence-corrected chi connectivity index (χ2v) is 3.31. The lowest BCUT2D eigenvalue weighted by molar-refractivity contribution is -0.118. The maximum Gasteiger partial charge on any atom is 0.132 e. The predicted molar refractivity (Wildman–Crippen MR) is 76.6 cm³/mol. The molecule has 106 valence electrons. The van der Waals surface area contributed by atoms with E-state index in [4.69, 9.17) is 0 Å². The third kappa shape index (κ3) is 8.90. The van der Waals surface area contributed by atoms with Gasteiger partial charge in [0, 0.05) is 25.6 Å². The molecule has 0 spiro atoms. The standard InChI is InChI=1S/C10H17N3O.2C2H6/c1-3-10(14)7-5-6-9-8-13(4-2)12-11-9;2*1-2/h8H,3-7H2,1-2H3;2*1-2H3. The average Bonchev–Trinajstić information content (AvgIpc) is 2.91. The topological polar surface area (TPSA) is 47.8 Å². The second-order valence-electron chi connectivity index (χ2n) is 3.31. The first-order valence-electron chi connectivity index (χ1n) is 7.17. The van der Waals surface area contributed by atoms with Crippen molar-refractivity contribution < 1.29 is 4.79 Å². The highest BCUT2D eigenvalue weighted by molar-refractivity contribution is 5.77. The van der Waals surface area contributed by atoms with Gasteiger partial charge in [-0.1, -0.05) is 39.8 Å². The van der Waals surface area contributed by atoms with Crippen LogP contribution in [0.15, 0.2) is 6.20 Å². The van der Waals surface area contributed by atoms with E-state index in [1.807, 2.05) is 47.7 Å². The summed E-state index contributed by atoms with van der Waals surface area (Å²) >= 11 is 0. The van der Waals surface area contributed by atoms with Gasteiger partial charge in [-0.2, -0.15) is 0 Å². The molecule has 1 aromatic rings. The van der Waals surface area contributed by atoms with Crippen molar-refractivity contribution in [3.63, 3.8) is 0 Å². The van der Waals surface area contributed by atoms with Gasteiger partial charge in [0.1, 0.15) is 5.78 Å². The van der Waals surface area contributed by atoms with Crippen LogP contribution in [0.4, 0.5) is 0 Å². The molecule has 1 heterocycles. The minimum absolute atomic E-state index is 0.327. The van der Waals surface area contributed by atoms with Crippen molar-refractivity contribution in [2.75, 3.05) is 0 Å². The molecule has 0 bridgehead atoms. The molecule has 0 aliphatic heterocycles. The third-order valence-corrected chi connectivity index (χ3v) is 2.19. The third-order valence-electron chi connectivity index (χ3n) is 2.19. The van der Waals surface area contributed by atoms with Crippen LogP contribution in [0.2, 0.25) is 0 Å². The van der Waals surface area contributed by atoms with E-state index in [1.54, 1.807) is 4.68 Å². The van der Waals surface area contributed by atoms with E-state index in [-0.39, 0.29) is 0 Å². The van der Waals surface area contributed by atoms with Crippen LogP contribution in [-0.2, 0) is 17.8 Å². The van der Waals surface area contributed by atoms with E-state index in [1.165, 1.54) is 0 Å². The van der Waals surface area contributed by atoms with Crippen molar-refractivity contribution in [2.24, 2.45) is 0 Å². The van der Waals surface area contributed by atoms with Crippen molar-refractivity contribution in [3.05, 3.63) is 11.9 Å². The first-order chi connectivity index (χ1) is 8.76. The molecule has 0 atom stereocenters. The summed E-state index contributed by atoms with van der Waals surface area (Å²) < 4.78 is 1.80. The lowest BCUT2D eigenvalue weighted by atomic mass is 10.1. The second kappa shape index (κ2) is 13.9. The number of Topliss-reactive ketones (excluding diaryl/α,β-unsaturated/α-hetero) is 1. The molecule has 0 aliphatic rings. The first-order valence-corrected chi connectivity index (χ1v) is 7.17. The molecule has 0 aromatic carbocycles. The maximum absolute atomic E-state index is 11.0. The summed E-state index contributed by atoms with van der Waals surface area (Å²) in [6, 6.07) is 0. The molecule has 0 saturated carbocycles. The molecular weight excluding hydrogens is 226 g/mol. The molecule has 18 heavy (non-hydrogen) atoms. The van der Waals surface area contributed by atoms with Gasteiger partial charge in [-0.3, -0.25) is 9.48 Å². The van der Waals surface area contributed by atoms with Gasteiger partial charge >= 0.3 is 0 Å². The normalized spacial score (nSPS) is 8.78. The summed E-state index contributed by atoms with van der Waals surface area (Å²) in [4.78, 5) is 11.0. The van der Waals surface area contributed by atoms with Crippen molar-refractivity contribution >= 4 is 5.78 Å². The molecule has 0 radical (unpaired) electrons. The van der Waals surface area contributed by atoms with Crippen LogP contribution >= 0.6 is 0 Å². The van der Waals surface area contributed by atoms with Crippen LogP contribution in [0.1, 0.15) is 66.5 Å². The minimum Gasteiger partial charge on any atom is -0.300 e. The number of nitrogens with zero attached hydrogens (tertiary/aromatic N) is 3. The average molecular weight is 255 g/mol. The molecule has 0 amide bonds. The number of aryl methyl sites for hydroxylation is 2. The van der Waals surface area contributed by atoms with Crippen molar-refractivity contribution in [1.82, 2.24) is 15.0 Å². The lowest BCUT2D eigenvalue weighted by Crippen LogP contribution is -1.96. The van der Waals surface area contributed by atoms with Crippen LogP contribution in [0.25, 0.3) is 0 Å². The number of hydrogen-bond acceptors (Lipinski definition) is 3. The van der Waals surface area contributed by atoms with Gasteiger partial charge in [-0.05, 0) is 19.8 Å². The quantitative estimate of drug-likeness (QED) is 0.779. The van der Waals surface area contributed by atoms with E-state index in [2.05, 4.69) is 10.3 Å². The highest BCUT2D eigenvalue weighted by Crippen LogP contribution is 2.02. The largest absolute Gasteiger partial charge is 0.300 e. The van der Waals surface area contributed by atoms with Crippen molar-refractivity contribution in [1.29, 1.82) is 0 Å². The Labute approximate surface area is 112 Å². The number of carbonyl (C=O) groups excluding carboxylic acids is 1. The fourth-order valence-electron chi connectivity index (χ4n) is 1.25. The van der Waals surface area contributed by atoms with Gasteiger partial charge in [0.2, 0.25) is 0 Å². The zero-order valence-electron chi connectivity index (χ0n) is 12.9. The van der Waals surface area contributed by atoms with Gasteiger partial charge in [-0.15, -0.1) is 5.10 Å². The summed E-state index contributed by atoms with van der Waals surface area (Å²) in [7, 11) is 0. The molecule has 0 saturated heterocycles. The van der Waals surface area contributed by atoms with Crippen LogP contribution in [0, 0.1) is 0 Å². The molecule has 0 unspecified atom stereocenters. The maximum atomic E-state index is 11.0. The molecule has 4 nitrogen and oxygen atoms in total. The molecule has 1 aromatic heterocycles. The highest BCUT2D eigenvalue weighted by atomic mass is 16.1. The number of hydrogen-bond donors (Lipinski definition) is 0. The van der Waals surface area contributed by atoms with E-state index >= 15 is 0 Å². The summed E-state index contributed by atoms with van der Waals surface area (Å²) in [5.74, 6) is 0.327. The van der Waals surface area contributed by atoms with E-state index in [0.717, 1.165) is 25.1 Å². The predicted octanol–water partition coefficient (Wildman–Crippen LogP) is 3.65. The van der Waals surface area contributed by atoms with Gasteiger partial charge in [0.15, 0.2) is 0 Å². The van der Waals surface area contributed by atoms with Gasteiger partial charge in [0.05, 0.1) is 5.69 Å². The number of rotatable bonds is 6. The lowest BCUT2D eigenvalue weighted by Gasteiger charge is -1.95. The zero-order chi connectivity index (χ0) is 14.4. The Morgan fingerprint density at radius 3 is 2.28 bits per heavy atom. The number of ketones is 1. The summed E-state index contributed by atoms with van der Waals surface area (Å²) in [5, 5.41) is 7.95. The Kier molecular flexibility index (Phi) is 14.8.